The Morgan fingerprint density at radius 3 is 2.62 bits per heavy atom. The Bertz CT molecular complexity index is 960. The first-order chi connectivity index (χ1) is 15.2. The standard InChI is InChI=1S/C22H27ClFN5O2S/c1-14(2)10-21(31)29-9-8-28(12-15(29)3)19-11-18(23)26-22(27-19)32-13-20(30)25-17-6-4-16(24)5-7-17/h4-7,11,14-15H,8-10,12-13H2,1-3H3,(H,25,30). The number of carbonyl (C=O) groups excluding carboxylic acids is 2. The molecule has 1 atom stereocenters. The zero-order chi connectivity index (χ0) is 23.3. The topological polar surface area (TPSA) is 78.4 Å². The number of halogens is 2. The number of aromatic nitrogens is 2. The highest BCUT2D eigenvalue weighted by Gasteiger charge is 2.28. The van der Waals surface area contributed by atoms with Gasteiger partial charge in [0.2, 0.25) is 11.8 Å². The van der Waals surface area contributed by atoms with Gasteiger partial charge in [0, 0.05) is 43.9 Å². The maximum Gasteiger partial charge on any atom is 0.234 e. The molecule has 172 valence electrons. The van der Waals surface area contributed by atoms with Crippen LogP contribution in [0.15, 0.2) is 35.5 Å². The summed E-state index contributed by atoms with van der Waals surface area (Å²) < 4.78 is 13.0. The van der Waals surface area contributed by atoms with Gasteiger partial charge >= 0.3 is 0 Å². The van der Waals surface area contributed by atoms with Gasteiger partial charge in [-0.3, -0.25) is 9.59 Å². The number of rotatable bonds is 7. The van der Waals surface area contributed by atoms with Gasteiger partial charge in [-0.05, 0) is 37.1 Å². The second-order valence-electron chi connectivity index (χ2n) is 8.16. The molecule has 2 aromatic rings. The van der Waals surface area contributed by atoms with Crippen molar-refractivity contribution in [2.75, 3.05) is 35.6 Å². The second-order valence-corrected chi connectivity index (χ2v) is 9.49. The van der Waals surface area contributed by atoms with E-state index in [0.717, 1.165) is 0 Å². The van der Waals surface area contributed by atoms with Crippen molar-refractivity contribution < 1.29 is 14.0 Å². The molecule has 10 heteroatoms. The van der Waals surface area contributed by atoms with Crippen LogP contribution in [0.4, 0.5) is 15.9 Å². The summed E-state index contributed by atoms with van der Waals surface area (Å²) in [6.07, 6.45) is 0.546. The van der Waals surface area contributed by atoms with Crippen LogP contribution in [-0.4, -0.2) is 58.1 Å². The lowest BCUT2D eigenvalue weighted by molar-refractivity contribution is -0.134. The first-order valence-corrected chi connectivity index (χ1v) is 11.8. The molecule has 0 bridgehead atoms. The number of anilines is 2. The average Bonchev–Trinajstić information content (AvgIpc) is 2.73. The van der Waals surface area contributed by atoms with E-state index >= 15 is 0 Å². The molecule has 2 heterocycles. The highest BCUT2D eigenvalue weighted by atomic mass is 35.5. The van der Waals surface area contributed by atoms with Crippen molar-refractivity contribution in [3.8, 4) is 0 Å². The minimum atomic E-state index is -0.364. The van der Waals surface area contributed by atoms with Crippen molar-refractivity contribution in [3.05, 3.63) is 41.3 Å². The molecule has 1 saturated heterocycles. The van der Waals surface area contributed by atoms with E-state index in [9.17, 15) is 14.0 Å². The van der Waals surface area contributed by atoms with Gasteiger partial charge in [-0.2, -0.15) is 0 Å². The van der Waals surface area contributed by atoms with Gasteiger partial charge in [0.25, 0.3) is 0 Å². The molecule has 0 aliphatic carbocycles. The SMILES string of the molecule is CC(C)CC(=O)N1CCN(c2cc(Cl)nc(SCC(=O)Nc3ccc(F)cc3)n2)CC1C. The summed E-state index contributed by atoms with van der Waals surface area (Å²) in [5.41, 5.74) is 0.517. The first kappa shape index (κ1) is 24.3. The van der Waals surface area contributed by atoms with Crippen molar-refractivity contribution in [3.63, 3.8) is 0 Å². The number of nitrogens with one attached hydrogen (secondary N) is 1. The summed E-state index contributed by atoms with van der Waals surface area (Å²) in [4.78, 5) is 37.4. The molecule has 7 nitrogen and oxygen atoms in total. The Labute approximate surface area is 196 Å². The Kier molecular flexibility index (Phi) is 8.31. The minimum absolute atomic E-state index is 0.0568. The molecule has 1 unspecified atom stereocenters. The quantitative estimate of drug-likeness (QED) is 0.366. The summed E-state index contributed by atoms with van der Waals surface area (Å²) in [7, 11) is 0. The molecule has 0 spiro atoms. The van der Waals surface area contributed by atoms with Crippen LogP contribution in [0, 0.1) is 11.7 Å². The Hall–Kier alpha value is -2.39. The van der Waals surface area contributed by atoms with E-state index in [4.69, 9.17) is 11.6 Å². The number of amides is 2. The predicted molar refractivity (Wildman–Crippen MR) is 126 cm³/mol. The lowest BCUT2D eigenvalue weighted by atomic mass is 10.1. The molecular weight excluding hydrogens is 453 g/mol. The fourth-order valence-corrected chi connectivity index (χ4v) is 4.36. The van der Waals surface area contributed by atoms with Crippen molar-refractivity contribution in [2.45, 2.75) is 38.4 Å². The van der Waals surface area contributed by atoms with E-state index in [1.807, 2.05) is 25.7 Å². The van der Waals surface area contributed by atoms with Crippen LogP contribution in [0.3, 0.4) is 0 Å². The Balaban J connectivity index is 1.59. The molecule has 0 radical (unpaired) electrons. The predicted octanol–water partition coefficient (Wildman–Crippen LogP) is 4.08. The van der Waals surface area contributed by atoms with E-state index in [1.54, 1.807) is 6.07 Å². The Morgan fingerprint density at radius 1 is 1.25 bits per heavy atom. The summed E-state index contributed by atoms with van der Waals surface area (Å²) in [6, 6.07) is 7.32. The van der Waals surface area contributed by atoms with Gasteiger partial charge in [-0.15, -0.1) is 0 Å². The average molecular weight is 480 g/mol. The third-order valence-corrected chi connectivity index (χ3v) is 6.02. The van der Waals surface area contributed by atoms with E-state index in [-0.39, 0.29) is 29.4 Å². The monoisotopic (exact) mass is 479 g/mol. The largest absolute Gasteiger partial charge is 0.353 e. The smallest absolute Gasteiger partial charge is 0.234 e. The van der Waals surface area contributed by atoms with Crippen molar-refractivity contribution in [1.29, 1.82) is 0 Å². The second kappa shape index (κ2) is 11.0. The minimum Gasteiger partial charge on any atom is -0.353 e. The maximum absolute atomic E-state index is 13.0. The molecule has 0 saturated carbocycles. The molecule has 3 rings (SSSR count). The van der Waals surface area contributed by atoms with Crippen LogP contribution in [0.1, 0.15) is 27.2 Å². The molecule has 2 amide bonds. The number of hydrogen-bond donors (Lipinski definition) is 1. The van der Waals surface area contributed by atoms with Crippen LogP contribution >= 0.6 is 23.4 Å². The van der Waals surface area contributed by atoms with Gasteiger partial charge < -0.3 is 15.1 Å². The lowest BCUT2D eigenvalue weighted by Crippen LogP contribution is -2.54. The van der Waals surface area contributed by atoms with Crippen molar-refractivity contribution in [2.24, 2.45) is 5.92 Å². The van der Waals surface area contributed by atoms with Crippen LogP contribution in [0.25, 0.3) is 0 Å². The van der Waals surface area contributed by atoms with E-state index in [0.29, 0.717) is 53.8 Å². The number of piperazine rings is 1. The third-order valence-electron chi connectivity index (χ3n) is 4.98. The zero-order valence-electron chi connectivity index (χ0n) is 18.3. The van der Waals surface area contributed by atoms with Crippen LogP contribution in [-0.2, 0) is 9.59 Å². The summed E-state index contributed by atoms with van der Waals surface area (Å²) in [6.45, 7) is 8.03. The van der Waals surface area contributed by atoms with Gasteiger partial charge in [0.15, 0.2) is 5.16 Å². The summed E-state index contributed by atoms with van der Waals surface area (Å²) in [5, 5.41) is 3.39. The number of benzene rings is 1. The molecule has 1 aliphatic rings. The summed E-state index contributed by atoms with van der Waals surface area (Å²) in [5.74, 6) is 0.651. The van der Waals surface area contributed by atoms with E-state index in [2.05, 4.69) is 20.2 Å². The Morgan fingerprint density at radius 2 is 1.97 bits per heavy atom. The number of thioether (sulfide) groups is 1. The van der Waals surface area contributed by atoms with Crippen LogP contribution in [0.2, 0.25) is 5.15 Å². The van der Waals surface area contributed by atoms with Gasteiger partial charge in [-0.1, -0.05) is 37.2 Å². The van der Waals surface area contributed by atoms with Crippen molar-refractivity contribution in [1.82, 2.24) is 14.9 Å². The number of nitrogens with zero attached hydrogens (tertiary/aromatic N) is 4. The molecule has 1 N–H and O–H groups in total. The van der Waals surface area contributed by atoms with E-state index < -0.39 is 0 Å². The first-order valence-electron chi connectivity index (χ1n) is 10.5. The highest BCUT2D eigenvalue weighted by Crippen LogP contribution is 2.24. The third kappa shape index (κ3) is 6.80. The number of hydrogen-bond acceptors (Lipinski definition) is 6. The molecular formula is C22H27ClFN5O2S. The number of carbonyl (C=O) groups is 2. The van der Waals surface area contributed by atoms with Gasteiger partial charge in [0.1, 0.15) is 16.8 Å². The zero-order valence-corrected chi connectivity index (χ0v) is 19.9. The normalized spacial score (nSPS) is 16.4. The van der Waals surface area contributed by atoms with Gasteiger partial charge in [0.05, 0.1) is 5.75 Å². The molecule has 1 aromatic heterocycles. The van der Waals surface area contributed by atoms with Crippen LogP contribution in [0.5, 0.6) is 0 Å². The molecule has 1 fully saturated rings. The fraction of sp³-hybridized carbons (Fsp3) is 0.455. The van der Waals surface area contributed by atoms with E-state index in [1.165, 1.54) is 36.0 Å². The van der Waals surface area contributed by atoms with Crippen LogP contribution < -0.4 is 10.2 Å². The van der Waals surface area contributed by atoms with Gasteiger partial charge in [-0.25, -0.2) is 14.4 Å². The molecule has 32 heavy (non-hydrogen) atoms. The highest BCUT2D eigenvalue weighted by molar-refractivity contribution is 7.99. The molecule has 1 aliphatic heterocycles. The maximum atomic E-state index is 13.0. The summed E-state index contributed by atoms with van der Waals surface area (Å²) >= 11 is 7.38. The molecule has 1 aromatic carbocycles. The lowest BCUT2D eigenvalue weighted by Gasteiger charge is -2.40. The van der Waals surface area contributed by atoms with Crippen molar-refractivity contribution >= 4 is 46.7 Å². The fourth-order valence-electron chi connectivity index (χ4n) is 3.48.